The Morgan fingerprint density at radius 3 is 2.39 bits per heavy atom. The second-order valence-corrected chi connectivity index (χ2v) is 4.48. The molecule has 2 atom stereocenters. The summed E-state index contributed by atoms with van der Waals surface area (Å²) >= 11 is 0. The van der Waals surface area contributed by atoms with Crippen molar-refractivity contribution in [2.24, 2.45) is 0 Å². The standard InChI is InChI=1S/C13H15NO4/c1-8(15)14-7-6-11(12(14)13(17)18)9-2-4-10(16)5-3-9/h2-5,11-12,16H,6-7H2,1H3,(H,17,18)/t11-,12+/m1/s1. The van der Waals surface area contributed by atoms with Gasteiger partial charge in [0.05, 0.1) is 0 Å². The van der Waals surface area contributed by atoms with Crippen LogP contribution in [0.3, 0.4) is 0 Å². The molecule has 0 aromatic heterocycles. The highest BCUT2D eigenvalue weighted by molar-refractivity contribution is 5.84. The van der Waals surface area contributed by atoms with Crippen LogP contribution in [0.25, 0.3) is 0 Å². The number of carboxylic acid groups (broad SMARTS) is 1. The third-order valence-electron chi connectivity index (χ3n) is 3.38. The lowest BCUT2D eigenvalue weighted by molar-refractivity contribution is -0.147. The number of carbonyl (C=O) groups is 2. The minimum absolute atomic E-state index is 0.145. The predicted octanol–water partition coefficient (Wildman–Crippen LogP) is 1.18. The quantitative estimate of drug-likeness (QED) is 0.825. The summed E-state index contributed by atoms with van der Waals surface area (Å²) < 4.78 is 0. The molecule has 1 aliphatic heterocycles. The highest BCUT2D eigenvalue weighted by Crippen LogP contribution is 2.34. The summed E-state index contributed by atoms with van der Waals surface area (Å²) in [7, 11) is 0. The molecule has 1 saturated heterocycles. The lowest BCUT2D eigenvalue weighted by Gasteiger charge is -2.23. The van der Waals surface area contributed by atoms with E-state index in [9.17, 15) is 19.8 Å². The zero-order valence-electron chi connectivity index (χ0n) is 10.0. The first-order valence-corrected chi connectivity index (χ1v) is 5.79. The van der Waals surface area contributed by atoms with E-state index in [0.29, 0.717) is 13.0 Å². The first-order valence-electron chi connectivity index (χ1n) is 5.79. The van der Waals surface area contributed by atoms with E-state index >= 15 is 0 Å². The number of hydrogen-bond donors (Lipinski definition) is 2. The topological polar surface area (TPSA) is 77.8 Å². The Kier molecular flexibility index (Phi) is 3.23. The molecule has 0 spiro atoms. The maximum atomic E-state index is 11.4. The zero-order chi connectivity index (χ0) is 13.3. The molecule has 1 fully saturated rings. The van der Waals surface area contributed by atoms with Gasteiger partial charge in [0.25, 0.3) is 0 Å². The van der Waals surface area contributed by atoms with Crippen LogP contribution in [-0.2, 0) is 9.59 Å². The van der Waals surface area contributed by atoms with Gasteiger partial charge in [-0.25, -0.2) is 4.79 Å². The molecular formula is C13H15NO4. The molecule has 18 heavy (non-hydrogen) atoms. The summed E-state index contributed by atoms with van der Waals surface area (Å²) in [5, 5.41) is 18.5. The van der Waals surface area contributed by atoms with Gasteiger partial charge < -0.3 is 15.1 Å². The Bertz CT molecular complexity index is 468. The van der Waals surface area contributed by atoms with Crippen molar-refractivity contribution in [2.45, 2.75) is 25.3 Å². The molecular weight excluding hydrogens is 234 g/mol. The second kappa shape index (κ2) is 4.68. The number of nitrogens with zero attached hydrogens (tertiary/aromatic N) is 1. The van der Waals surface area contributed by atoms with Crippen LogP contribution in [0, 0.1) is 0 Å². The van der Waals surface area contributed by atoms with Crippen LogP contribution >= 0.6 is 0 Å². The van der Waals surface area contributed by atoms with Crippen molar-refractivity contribution < 1.29 is 19.8 Å². The summed E-state index contributed by atoms with van der Waals surface area (Å²) in [6, 6.07) is 5.67. The number of hydrogen-bond acceptors (Lipinski definition) is 3. The van der Waals surface area contributed by atoms with Gasteiger partial charge in [-0.05, 0) is 24.1 Å². The van der Waals surface area contributed by atoms with E-state index in [1.165, 1.54) is 24.0 Å². The maximum absolute atomic E-state index is 11.4. The van der Waals surface area contributed by atoms with Crippen molar-refractivity contribution >= 4 is 11.9 Å². The van der Waals surface area contributed by atoms with E-state index in [2.05, 4.69) is 0 Å². The molecule has 0 radical (unpaired) electrons. The number of rotatable bonds is 2. The molecule has 0 unspecified atom stereocenters. The van der Waals surface area contributed by atoms with Gasteiger partial charge in [0.15, 0.2) is 0 Å². The molecule has 1 aliphatic rings. The third kappa shape index (κ3) is 2.16. The molecule has 0 aliphatic carbocycles. The maximum Gasteiger partial charge on any atom is 0.327 e. The average molecular weight is 249 g/mol. The van der Waals surface area contributed by atoms with E-state index in [-0.39, 0.29) is 17.6 Å². The lowest BCUT2D eigenvalue weighted by atomic mass is 9.91. The molecule has 2 N–H and O–H groups in total. The fourth-order valence-electron chi connectivity index (χ4n) is 2.52. The third-order valence-corrected chi connectivity index (χ3v) is 3.38. The molecule has 5 heteroatoms. The monoisotopic (exact) mass is 249 g/mol. The first-order chi connectivity index (χ1) is 8.50. The number of phenols is 1. The second-order valence-electron chi connectivity index (χ2n) is 4.48. The predicted molar refractivity (Wildman–Crippen MR) is 64.3 cm³/mol. The number of likely N-dealkylation sites (tertiary alicyclic amines) is 1. The molecule has 0 bridgehead atoms. The highest BCUT2D eigenvalue weighted by atomic mass is 16.4. The van der Waals surface area contributed by atoms with Crippen molar-refractivity contribution in [3.8, 4) is 5.75 Å². The number of carbonyl (C=O) groups excluding carboxylic acids is 1. The molecule has 2 rings (SSSR count). The lowest BCUT2D eigenvalue weighted by Crippen LogP contribution is -2.41. The van der Waals surface area contributed by atoms with Gasteiger partial charge in [0.2, 0.25) is 5.91 Å². The summed E-state index contributed by atoms with van der Waals surface area (Å²) in [6.45, 7) is 1.84. The van der Waals surface area contributed by atoms with Crippen LogP contribution in [0.15, 0.2) is 24.3 Å². The fraction of sp³-hybridized carbons (Fsp3) is 0.385. The Labute approximate surface area is 105 Å². The van der Waals surface area contributed by atoms with Crippen molar-refractivity contribution in [3.63, 3.8) is 0 Å². The number of benzene rings is 1. The zero-order valence-corrected chi connectivity index (χ0v) is 10.0. The van der Waals surface area contributed by atoms with Crippen LogP contribution in [0.2, 0.25) is 0 Å². The fourth-order valence-corrected chi connectivity index (χ4v) is 2.52. The van der Waals surface area contributed by atoms with Gasteiger partial charge in [-0.2, -0.15) is 0 Å². The Morgan fingerprint density at radius 2 is 1.89 bits per heavy atom. The summed E-state index contributed by atoms with van der Waals surface area (Å²) in [6.07, 6.45) is 0.626. The molecule has 96 valence electrons. The number of phenolic OH excluding ortho intramolecular Hbond substituents is 1. The van der Waals surface area contributed by atoms with E-state index in [1.54, 1.807) is 12.1 Å². The van der Waals surface area contributed by atoms with Gasteiger partial charge in [-0.1, -0.05) is 12.1 Å². The minimum Gasteiger partial charge on any atom is -0.508 e. The summed E-state index contributed by atoms with van der Waals surface area (Å²) in [4.78, 5) is 24.1. The number of carboxylic acids is 1. The SMILES string of the molecule is CC(=O)N1CC[C@H](c2ccc(O)cc2)[C@H]1C(=O)O. The van der Waals surface area contributed by atoms with Crippen molar-refractivity contribution in [1.82, 2.24) is 4.90 Å². The van der Waals surface area contributed by atoms with Crippen molar-refractivity contribution in [2.75, 3.05) is 6.54 Å². The van der Waals surface area contributed by atoms with E-state index in [4.69, 9.17) is 0 Å². The van der Waals surface area contributed by atoms with Gasteiger partial charge in [-0.15, -0.1) is 0 Å². The van der Waals surface area contributed by atoms with Crippen LogP contribution in [0.4, 0.5) is 0 Å². The van der Waals surface area contributed by atoms with Crippen LogP contribution in [0.1, 0.15) is 24.8 Å². The van der Waals surface area contributed by atoms with Crippen molar-refractivity contribution in [3.05, 3.63) is 29.8 Å². The molecule has 1 aromatic carbocycles. The molecule has 1 aromatic rings. The van der Waals surface area contributed by atoms with Gasteiger partial charge in [0, 0.05) is 19.4 Å². The largest absolute Gasteiger partial charge is 0.508 e. The normalized spacial score (nSPS) is 23.1. The number of aliphatic carboxylic acids is 1. The van der Waals surface area contributed by atoms with Crippen LogP contribution in [-0.4, -0.2) is 39.6 Å². The van der Waals surface area contributed by atoms with Gasteiger partial charge >= 0.3 is 5.97 Å². The van der Waals surface area contributed by atoms with E-state index < -0.39 is 12.0 Å². The Morgan fingerprint density at radius 1 is 1.28 bits per heavy atom. The number of aromatic hydroxyl groups is 1. The van der Waals surface area contributed by atoms with E-state index in [0.717, 1.165) is 5.56 Å². The summed E-state index contributed by atoms with van der Waals surface area (Å²) in [5.74, 6) is -1.27. The molecule has 1 amide bonds. The Balaban J connectivity index is 2.30. The van der Waals surface area contributed by atoms with Gasteiger partial charge in [0.1, 0.15) is 11.8 Å². The Hall–Kier alpha value is -2.04. The average Bonchev–Trinajstić information content (AvgIpc) is 2.74. The molecule has 5 nitrogen and oxygen atoms in total. The summed E-state index contributed by atoms with van der Waals surface area (Å²) in [5.41, 5.74) is 0.837. The molecule has 0 saturated carbocycles. The smallest absolute Gasteiger partial charge is 0.327 e. The van der Waals surface area contributed by atoms with Gasteiger partial charge in [-0.3, -0.25) is 4.79 Å². The minimum atomic E-state index is -0.985. The van der Waals surface area contributed by atoms with Crippen molar-refractivity contribution in [1.29, 1.82) is 0 Å². The van der Waals surface area contributed by atoms with E-state index in [1.807, 2.05) is 0 Å². The first kappa shape index (κ1) is 12.4. The van der Waals surface area contributed by atoms with Crippen LogP contribution in [0.5, 0.6) is 5.75 Å². The highest BCUT2D eigenvalue weighted by Gasteiger charge is 2.41. The van der Waals surface area contributed by atoms with Crippen LogP contribution < -0.4 is 0 Å². The number of amides is 1. The molecule has 1 heterocycles.